The van der Waals surface area contributed by atoms with Crippen molar-refractivity contribution in [3.8, 4) is 0 Å². The molecule has 0 aliphatic carbocycles. The van der Waals surface area contributed by atoms with Crippen LogP contribution in [0.3, 0.4) is 0 Å². The second-order valence-corrected chi connectivity index (χ2v) is 47.9. The maximum Gasteiger partial charge on any atom is 1.00 e. The van der Waals surface area contributed by atoms with Gasteiger partial charge in [-0.2, -0.15) is 0 Å². The Labute approximate surface area is 147 Å². The zero-order valence-corrected chi connectivity index (χ0v) is 19.0. The first-order valence-corrected chi connectivity index (χ1v) is 28.1. The van der Waals surface area contributed by atoms with Gasteiger partial charge in [-0.3, -0.25) is 0 Å². The third-order valence-corrected chi connectivity index (χ3v) is 0. The Kier molecular flexibility index (Phi) is 24.6. The van der Waals surface area contributed by atoms with E-state index in [1.165, 1.54) is 0 Å². The fraction of sp³-hybridized carbons (Fsp3) is 0. The minimum atomic E-state index is -3.50. The normalized spacial score (nSPS) is 8.57. The summed E-state index contributed by atoms with van der Waals surface area (Å²) in [5.41, 5.74) is 0. The fourth-order valence-electron chi connectivity index (χ4n) is 0. The molecule has 0 unspecified atom stereocenters. The quantitative estimate of drug-likeness (QED) is 0.362. The van der Waals surface area contributed by atoms with E-state index in [0.29, 0.717) is 0 Å². The van der Waals surface area contributed by atoms with Gasteiger partial charge in [0, 0.05) is 0 Å². The zero-order chi connectivity index (χ0) is 4.50. The van der Waals surface area contributed by atoms with Crippen LogP contribution in [0.1, 0.15) is 0 Å². The Hall–Kier alpha value is 5.37. The van der Waals surface area contributed by atoms with Gasteiger partial charge in [-0.05, 0) is 0 Å². The summed E-state index contributed by atoms with van der Waals surface area (Å²) < 4.78 is 0. The number of halogens is 4. The monoisotopic (exact) mass is 420 g/mol. The van der Waals surface area contributed by atoms with E-state index in [1.807, 2.05) is 0 Å². The van der Waals surface area contributed by atoms with Crippen LogP contribution in [0.2, 0.25) is 0 Å². The van der Waals surface area contributed by atoms with E-state index in [9.17, 15) is 0 Å². The van der Waals surface area contributed by atoms with Gasteiger partial charge in [0.05, 0.1) is 0 Å². The summed E-state index contributed by atoms with van der Waals surface area (Å²) in [6.45, 7) is 0. The van der Waals surface area contributed by atoms with Crippen molar-refractivity contribution in [1.82, 2.24) is 0 Å². The van der Waals surface area contributed by atoms with Crippen molar-refractivity contribution in [2.24, 2.45) is 0 Å². The molecule has 0 rings (SSSR count). The van der Waals surface area contributed by atoms with Crippen LogP contribution in [0.25, 0.3) is 0 Å². The molecule has 7 heteroatoms. The van der Waals surface area contributed by atoms with Gasteiger partial charge in [0.25, 0.3) is 0 Å². The Morgan fingerprint density at radius 2 is 0.714 bits per heavy atom. The Morgan fingerprint density at radius 3 is 0.714 bits per heavy atom. The first-order valence-electron chi connectivity index (χ1n) is 1.07. The molecule has 0 spiro atoms. The number of rotatable bonds is 0. The minimum absolute atomic E-state index is 0. The molecule has 0 radical (unpaired) electrons. The van der Waals surface area contributed by atoms with Gasteiger partial charge in [0.1, 0.15) is 0 Å². The van der Waals surface area contributed by atoms with E-state index < -0.39 is 16.5 Å². The van der Waals surface area contributed by atoms with Gasteiger partial charge in [-0.15, -0.1) is 0 Å². The molecule has 0 heterocycles. The van der Waals surface area contributed by atoms with Crippen molar-refractivity contribution in [3.63, 3.8) is 0 Å². The molecule has 0 saturated heterocycles. The van der Waals surface area contributed by atoms with Crippen molar-refractivity contribution in [2.75, 3.05) is 0 Å². The molecule has 0 aromatic heterocycles. The molecule has 0 aromatic rings. The van der Waals surface area contributed by atoms with Crippen LogP contribution in [-0.4, -0.2) is 0 Å². The third-order valence-electron chi connectivity index (χ3n) is 0. The summed E-state index contributed by atoms with van der Waals surface area (Å²) in [5.74, 6) is 0. The van der Waals surface area contributed by atoms with E-state index in [4.69, 9.17) is 33.0 Å². The Balaban J connectivity index is -0.0000000800. The van der Waals surface area contributed by atoms with Crippen molar-refractivity contribution >= 4 is 33.0 Å². The van der Waals surface area contributed by atoms with Crippen LogP contribution in [0.15, 0.2) is 0 Å². The molecule has 0 aromatic carbocycles. The average molecular weight is 421 g/mol. The molecule has 7 heavy (non-hydrogen) atoms. The van der Waals surface area contributed by atoms with Crippen molar-refractivity contribution in [2.45, 2.75) is 0 Å². The smallest absolute Gasteiger partial charge is 1.00 e. The molecule has 0 fully saturated rings. The van der Waals surface area contributed by atoms with Gasteiger partial charge in [0.15, 0.2) is 0 Å². The summed E-state index contributed by atoms with van der Waals surface area (Å²) in [4.78, 5) is 0. The maximum absolute atomic E-state index is 5.06. The predicted octanol–water partition coefficient (Wildman–Crippen LogP) is -3.24. The molecule has 0 bridgehead atoms. The molecule has 0 amide bonds. The van der Waals surface area contributed by atoms with Crippen LogP contribution < -0.4 is 103 Å². The molecular formula is Cl4HgK2. The predicted molar refractivity (Wildman–Crippen MR) is 23.4 cm³/mol. The van der Waals surface area contributed by atoms with Crippen LogP contribution in [-0.2, 0) is 16.5 Å². The van der Waals surface area contributed by atoms with Crippen molar-refractivity contribution in [3.05, 3.63) is 0 Å². The van der Waals surface area contributed by atoms with E-state index in [-0.39, 0.29) is 103 Å². The van der Waals surface area contributed by atoms with Gasteiger partial charge in [-0.25, -0.2) is 0 Å². The van der Waals surface area contributed by atoms with Crippen LogP contribution in [0.5, 0.6) is 0 Å². The largest absolute Gasteiger partial charge is 1.00 e. The molecule has 0 nitrogen and oxygen atoms in total. The first kappa shape index (κ1) is 18.2. The Morgan fingerprint density at radius 1 is 0.714 bits per heavy atom. The average Bonchev–Trinajstić information content (AvgIpc) is 0.722. The van der Waals surface area contributed by atoms with E-state index in [1.54, 1.807) is 0 Å². The SMILES string of the molecule is [Cl][Hg-2]([Cl])([Cl])[Cl].[K+].[K+]. The second kappa shape index (κ2) is 9.46. The number of hydrogen-bond donors (Lipinski definition) is 0. The summed E-state index contributed by atoms with van der Waals surface area (Å²) >= 11 is -3.50. The second-order valence-electron chi connectivity index (χ2n) is 0.606. The van der Waals surface area contributed by atoms with Crippen LogP contribution >= 0.6 is 33.0 Å². The third kappa shape index (κ3) is 34.6. The van der Waals surface area contributed by atoms with Crippen molar-refractivity contribution in [1.29, 1.82) is 0 Å². The molecule has 0 aliphatic rings. The Bertz CT molecular complexity index is 25.2. The fourth-order valence-corrected chi connectivity index (χ4v) is 0. The topological polar surface area (TPSA) is 0 Å². The summed E-state index contributed by atoms with van der Waals surface area (Å²) in [7, 11) is 20.2. The van der Waals surface area contributed by atoms with Crippen molar-refractivity contribution < 1.29 is 119 Å². The van der Waals surface area contributed by atoms with Gasteiger partial charge in [0.2, 0.25) is 0 Å². The van der Waals surface area contributed by atoms with Gasteiger partial charge < -0.3 is 0 Å². The van der Waals surface area contributed by atoms with Gasteiger partial charge >= 0.3 is 152 Å². The standard InChI is InChI=1S/4ClH.Hg.2K/h4*1H;;;/q;;;;+2;2*+1/p-4. The number of hydrogen-bond acceptors (Lipinski definition) is 0. The van der Waals surface area contributed by atoms with E-state index in [2.05, 4.69) is 0 Å². The van der Waals surface area contributed by atoms with Crippen LogP contribution in [0.4, 0.5) is 0 Å². The van der Waals surface area contributed by atoms with Gasteiger partial charge in [-0.1, -0.05) is 0 Å². The molecule has 32 valence electrons. The minimum Gasteiger partial charge on any atom is 1.00 e. The first-order chi connectivity index (χ1) is 2.00. The molecule has 0 aliphatic heterocycles. The summed E-state index contributed by atoms with van der Waals surface area (Å²) in [5, 5.41) is 0. The maximum atomic E-state index is 5.06. The van der Waals surface area contributed by atoms with E-state index >= 15 is 0 Å². The van der Waals surface area contributed by atoms with Crippen LogP contribution in [0, 0.1) is 0 Å². The molecular weight excluding hydrogens is 421 g/mol. The van der Waals surface area contributed by atoms with E-state index in [0.717, 1.165) is 0 Å². The molecule has 0 N–H and O–H groups in total. The molecule has 0 atom stereocenters. The zero-order valence-electron chi connectivity index (χ0n) is 4.22. The summed E-state index contributed by atoms with van der Waals surface area (Å²) in [6.07, 6.45) is 0. The molecule has 0 saturated carbocycles. The summed E-state index contributed by atoms with van der Waals surface area (Å²) in [6, 6.07) is 0.